The van der Waals surface area contributed by atoms with Crippen LogP contribution in [0.2, 0.25) is 0 Å². The van der Waals surface area contributed by atoms with Crippen LogP contribution in [0.3, 0.4) is 0 Å². The molecule has 0 fully saturated rings. The van der Waals surface area contributed by atoms with E-state index in [0.717, 1.165) is 6.08 Å². The predicted octanol–water partition coefficient (Wildman–Crippen LogP) is 3.70. The van der Waals surface area contributed by atoms with Crippen molar-refractivity contribution in [3.05, 3.63) is 72.5 Å². The van der Waals surface area contributed by atoms with Gasteiger partial charge in [-0.3, -0.25) is 0 Å². The number of azo groups is 1. The maximum Gasteiger partial charge on any atom is 0.335 e. The van der Waals surface area contributed by atoms with Crippen LogP contribution in [0.25, 0.3) is 0 Å². The number of benzene rings is 2. The van der Waals surface area contributed by atoms with E-state index in [1.165, 1.54) is 24.3 Å². The minimum absolute atomic E-state index is 0.340. The molecule has 2 aromatic carbocycles. The Morgan fingerprint density at radius 2 is 1.80 bits per heavy atom. The average Bonchev–Trinajstić information content (AvgIpc) is 2.49. The lowest BCUT2D eigenvalue weighted by Gasteiger charge is -2.02. The number of hydrogen-bond donors (Lipinski definition) is 0. The molecular weight excluding hydrogens is 256 g/mol. The van der Waals surface area contributed by atoms with Crippen molar-refractivity contribution in [1.29, 1.82) is 0 Å². The maximum atomic E-state index is 11.8. The van der Waals surface area contributed by atoms with Crippen LogP contribution in [0, 0.1) is 5.21 Å². The monoisotopic (exact) mass is 268 g/mol. The van der Waals surface area contributed by atoms with Crippen molar-refractivity contribution in [2.24, 2.45) is 5.11 Å². The van der Waals surface area contributed by atoms with Crippen LogP contribution < -0.4 is 4.74 Å². The summed E-state index contributed by atoms with van der Waals surface area (Å²) in [7, 11) is 0. The van der Waals surface area contributed by atoms with Gasteiger partial charge >= 0.3 is 5.97 Å². The van der Waals surface area contributed by atoms with Crippen LogP contribution in [0.1, 0.15) is 0 Å². The third-order valence-corrected chi connectivity index (χ3v) is 2.41. The van der Waals surface area contributed by atoms with Crippen molar-refractivity contribution in [3.63, 3.8) is 0 Å². The first-order chi connectivity index (χ1) is 9.69. The topological polar surface area (TPSA) is 64.7 Å². The summed E-state index contributed by atoms with van der Waals surface area (Å²) in [5.41, 5.74) is 0.900. The van der Waals surface area contributed by atoms with E-state index in [2.05, 4.69) is 11.7 Å². The molecule has 0 aliphatic heterocycles. The molecule has 0 heterocycles. The van der Waals surface area contributed by atoms with Crippen LogP contribution in [0.5, 0.6) is 5.75 Å². The van der Waals surface area contributed by atoms with Gasteiger partial charge in [-0.2, -0.15) is 0 Å². The number of carbonyl (C=O) groups is 1. The minimum atomic E-state index is -0.550. The molecular formula is C15H12N2O3. The standard InChI is InChI=1S/C15H12N2O3/c1-2-15(18)20-14-10-8-13(9-11-14)17(19)16-12-6-4-3-5-7-12/h2-11H,1H2. The molecule has 5 nitrogen and oxygen atoms in total. The molecule has 0 aromatic heterocycles. The molecule has 0 spiro atoms. The van der Waals surface area contributed by atoms with Crippen molar-refractivity contribution < 1.29 is 14.4 Å². The largest absolute Gasteiger partial charge is 0.594 e. The van der Waals surface area contributed by atoms with Gasteiger partial charge in [0, 0.05) is 23.3 Å². The van der Waals surface area contributed by atoms with E-state index >= 15 is 0 Å². The molecule has 0 unspecified atom stereocenters. The third kappa shape index (κ3) is 3.52. The summed E-state index contributed by atoms with van der Waals surface area (Å²) in [5.74, 6) is -0.211. The highest BCUT2D eigenvalue weighted by Crippen LogP contribution is 2.20. The predicted molar refractivity (Wildman–Crippen MR) is 74.1 cm³/mol. The minimum Gasteiger partial charge on any atom is -0.594 e. The Hall–Kier alpha value is -2.95. The van der Waals surface area contributed by atoms with Crippen molar-refractivity contribution in [1.82, 2.24) is 0 Å². The SMILES string of the molecule is C=CC(=O)Oc1ccc([N+]([O-])=Nc2ccccc2)cc1. The highest BCUT2D eigenvalue weighted by molar-refractivity contribution is 5.83. The fraction of sp³-hybridized carbons (Fsp3) is 0. The van der Waals surface area contributed by atoms with E-state index in [-0.39, 0.29) is 0 Å². The van der Waals surface area contributed by atoms with Gasteiger partial charge in [0.25, 0.3) is 0 Å². The molecule has 2 rings (SSSR count). The lowest BCUT2D eigenvalue weighted by Crippen LogP contribution is -2.02. The summed E-state index contributed by atoms with van der Waals surface area (Å²) >= 11 is 0. The van der Waals surface area contributed by atoms with Crippen molar-refractivity contribution in [2.75, 3.05) is 0 Å². The number of carbonyl (C=O) groups excluding carboxylic acids is 1. The molecule has 2 aromatic rings. The van der Waals surface area contributed by atoms with Gasteiger partial charge in [-0.25, -0.2) is 4.79 Å². The summed E-state index contributed by atoms with van der Waals surface area (Å²) in [6.45, 7) is 3.30. The summed E-state index contributed by atoms with van der Waals surface area (Å²) in [6, 6.07) is 15.0. The van der Waals surface area contributed by atoms with E-state index in [0.29, 0.717) is 22.0 Å². The quantitative estimate of drug-likeness (QED) is 0.212. The van der Waals surface area contributed by atoms with Crippen molar-refractivity contribution >= 4 is 17.3 Å². The number of nitrogens with zero attached hydrogens (tertiary/aromatic N) is 2. The summed E-state index contributed by atoms with van der Waals surface area (Å²) in [6.07, 6.45) is 1.07. The van der Waals surface area contributed by atoms with Gasteiger partial charge < -0.3 is 9.94 Å². The molecule has 5 heteroatoms. The molecule has 0 amide bonds. The Morgan fingerprint density at radius 1 is 1.15 bits per heavy atom. The summed E-state index contributed by atoms with van der Waals surface area (Å²) in [4.78, 5) is 11.5. The molecule has 0 radical (unpaired) electrons. The van der Waals surface area contributed by atoms with Gasteiger partial charge in [0.1, 0.15) is 11.4 Å². The molecule has 0 bridgehead atoms. The van der Waals surface area contributed by atoms with Gasteiger partial charge in [0.05, 0.1) is 0 Å². The summed E-state index contributed by atoms with van der Waals surface area (Å²) < 4.78 is 4.91. The second-order valence-electron chi connectivity index (χ2n) is 3.83. The smallest absolute Gasteiger partial charge is 0.335 e. The molecule has 0 saturated heterocycles. The molecule has 100 valence electrons. The van der Waals surface area contributed by atoms with Crippen LogP contribution in [0.15, 0.2) is 72.4 Å². The molecule has 0 saturated carbocycles. The molecule has 20 heavy (non-hydrogen) atoms. The van der Waals surface area contributed by atoms with Crippen LogP contribution in [0.4, 0.5) is 11.4 Å². The lowest BCUT2D eigenvalue weighted by atomic mass is 10.3. The number of rotatable bonds is 4. The fourth-order valence-electron chi connectivity index (χ4n) is 1.46. The molecule has 0 atom stereocenters. The van der Waals surface area contributed by atoms with Gasteiger partial charge in [-0.1, -0.05) is 29.6 Å². The lowest BCUT2D eigenvalue weighted by molar-refractivity contribution is -0.435. The van der Waals surface area contributed by atoms with Crippen molar-refractivity contribution in [3.8, 4) is 5.75 Å². The van der Waals surface area contributed by atoms with E-state index < -0.39 is 5.97 Å². The second kappa shape index (κ2) is 6.29. The van der Waals surface area contributed by atoms with Crippen LogP contribution in [-0.4, -0.2) is 10.8 Å². The first-order valence-electron chi connectivity index (χ1n) is 5.87. The Balaban J connectivity index is 2.15. The Kier molecular flexibility index (Phi) is 4.24. The van der Waals surface area contributed by atoms with Gasteiger partial charge in [-0.15, -0.1) is 0 Å². The zero-order chi connectivity index (χ0) is 14.4. The molecule has 0 aliphatic rings. The van der Waals surface area contributed by atoms with Gasteiger partial charge in [0.15, 0.2) is 0 Å². The highest BCUT2D eigenvalue weighted by Gasteiger charge is 2.06. The average molecular weight is 268 g/mol. The van der Waals surface area contributed by atoms with E-state index in [1.54, 1.807) is 24.3 Å². The number of hydrogen-bond acceptors (Lipinski definition) is 4. The van der Waals surface area contributed by atoms with E-state index in [4.69, 9.17) is 4.74 Å². The Morgan fingerprint density at radius 3 is 2.40 bits per heavy atom. The summed E-state index contributed by atoms with van der Waals surface area (Å²) in [5, 5.41) is 15.7. The first kappa shape index (κ1) is 13.5. The number of esters is 1. The van der Waals surface area contributed by atoms with Crippen LogP contribution >= 0.6 is 0 Å². The third-order valence-electron chi connectivity index (χ3n) is 2.41. The Labute approximate surface area is 116 Å². The van der Waals surface area contributed by atoms with Crippen molar-refractivity contribution in [2.45, 2.75) is 0 Å². The van der Waals surface area contributed by atoms with Gasteiger partial charge in [-0.05, 0) is 24.3 Å². The molecule has 0 aliphatic carbocycles. The zero-order valence-electron chi connectivity index (χ0n) is 10.6. The Bertz CT molecular complexity index is 634. The fourth-order valence-corrected chi connectivity index (χ4v) is 1.46. The highest BCUT2D eigenvalue weighted by atomic mass is 16.5. The number of ether oxygens (including phenoxy) is 1. The zero-order valence-corrected chi connectivity index (χ0v) is 10.6. The van der Waals surface area contributed by atoms with Crippen LogP contribution in [-0.2, 0) is 4.79 Å². The van der Waals surface area contributed by atoms with E-state index in [9.17, 15) is 10.0 Å². The first-order valence-corrected chi connectivity index (χ1v) is 5.87. The normalized spacial score (nSPS) is 10.9. The van der Waals surface area contributed by atoms with E-state index in [1.807, 2.05) is 6.07 Å². The van der Waals surface area contributed by atoms with Gasteiger partial charge in [0.2, 0.25) is 5.69 Å². The molecule has 0 N–H and O–H groups in total. The second-order valence-corrected chi connectivity index (χ2v) is 3.83. The maximum absolute atomic E-state index is 11.8.